The molecule has 0 spiro atoms. The lowest BCUT2D eigenvalue weighted by Gasteiger charge is -2.12. The highest BCUT2D eigenvalue weighted by Crippen LogP contribution is 2.24. The smallest absolute Gasteiger partial charge is 0.233 e. The van der Waals surface area contributed by atoms with Crippen LogP contribution in [0.4, 0.5) is 5.69 Å². The molecule has 124 valence electrons. The number of rotatable bonds is 8. The first kappa shape index (κ1) is 20.8. The number of amides is 2. The van der Waals surface area contributed by atoms with Crippen LogP contribution >= 0.6 is 24.2 Å². The third kappa shape index (κ3) is 8.26. The zero-order valence-corrected chi connectivity index (χ0v) is 14.8. The average Bonchev–Trinajstić information content (AvgIpc) is 2.45. The van der Waals surface area contributed by atoms with Crippen LogP contribution in [-0.4, -0.2) is 36.7 Å². The first-order valence-corrected chi connectivity index (χ1v) is 7.93. The number of anilines is 1. The zero-order valence-electron chi connectivity index (χ0n) is 13.1. The third-order valence-electron chi connectivity index (χ3n) is 2.71. The second-order valence-electron chi connectivity index (χ2n) is 4.61. The lowest BCUT2D eigenvalue weighted by Crippen LogP contribution is -2.36. The van der Waals surface area contributed by atoms with Crippen molar-refractivity contribution in [2.24, 2.45) is 0 Å². The molecule has 0 saturated carbocycles. The molecule has 1 atom stereocenters. The number of thioether (sulfide) groups is 1. The standard InChI is InChI=1S/C15H23N3O2S.ClH/c1-4-16-9-10-17-15(20)11(2)21-14-7-5-13(6-8-14)18-12(3)19;/h5-8,11,16H,4,9-10H2,1-3H3,(H,17,20)(H,18,19);1H. The van der Waals surface area contributed by atoms with E-state index in [4.69, 9.17) is 0 Å². The predicted octanol–water partition coefficient (Wildman–Crippen LogP) is 2.27. The van der Waals surface area contributed by atoms with Gasteiger partial charge in [0.1, 0.15) is 0 Å². The first-order chi connectivity index (χ1) is 10.0. The van der Waals surface area contributed by atoms with Crippen LogP contribution in [0.25, 0.3) is 0 Å². The molecule has 0 fully saturated rings. The van der Waals surface area contributed by atoms with Gasteiger partial charge in [-0.2, -0.15) is 0 Å². The van der Waals surface area contributed by atoms with Gasteiger partial charge in [-0.05, 0) is 37.7 Å². The second kappa shape index (κ2) is 11.3. The maximum absolute atomic E-state index is 11.9. The van der Waals surface area contributed by atoms with Gasteiger partial charge in [-0.15, -0.1) is 24.2 Å². The Morgan fingerprint density at radius 3 is 2.36 bits per heavy atom. The van der Waals surface area contributed by atoms with E-state index >= 15 is 0 Å². The fourth-order valence-electron chi connectivity index (χ4n) is 1.67. The highest BCUT2D eigenvalue weighted by Gasteiger charge is 2.13. The summed E-state index contributed by atoms with van der Waals surface area (Å²) in [5.74, 6) is -0.0623. The Morgan fingerprint density at radius 2 is 1.82 bits per heavy atom. The number of hydrogen-bond acceptors (Lipinski definition) is 4. The molecule has 0 aliphatic rings. The van der Waals surface area contributed by atoms with Gasteiger partial charge in [-0.25, -0.2) is 0 Å². The van der Waals surface area contributed by atoms with Crippen LogP contribution < -0.4 is 16.0 Å². The molecule has 5 nitrogen and oxygen atoms in total. The van der Waals surface area contributed by atoms with Crippen molar-refractivity contribution in [1.29, 1.82) is 0 Å². The maximum Gasteiger partial charge on any atom is 0.233 e. The number of likely N-dealkylation sites (N-methyl/N-ethyl adjacent to an activating group) is 1. The molecule has 1 unspecified atom stereocenters. The van der Waals surface area contributed by atoms with E-state index in [9.17, 15) is 9.59 Å². The summed E-state index contributed by atoms with van der Waals surface area (Å²) in [6.07, 6.45) is 0. The Hall–Kier alpha value is -1.24. The number of benzene rings is 1. The first-order valence-electron chi connectivity index (χ1n) is 7.05. The highest BCUT2D eigenvalue weighted by molar-refractivity contribution is 8.00. The second-order valence-corrected chi connectivity index (χ2v) is 6.02. The summed E-state index contributed by atoms with van der Waals surface area (Å²) in [5, 5.41) is 8.61. The van der Waals surface area contributed by atoms with Gasteiger partial charge in [0.2, 0.25) is 11.8 Å². The summed E-state index contributed by atoms with van der Waals surface area (Å²) in [4.78, 5) is 23.8. The summed E-state index contributed by atoms with van der Waals surface area (Å²) in [6, 6.07) is 7.47. The van der Waals surface area contributed by atoms with E-state index in [2.05, 4.69) is 16.0 Å². The van der Waals surface area contributed by atoms with Crippen molar-refractivity contribution < 1.29 is 9.59 Å². The van der Waals surface area contributed by atoms with E-state index < -0.39 is 0 Å². The van der Waals surface area contributed by atoms with Gasteiger partial charge < -0.3 is 16.0 Å². The quantitative estimate of drug-likeness (QED) is 0.499. The van der Waals surface area contributed by atoms with Crippen molar-refractivity contribution in [2.75, 3.05) is 25.0 Å². The molecule has 1 aromatic carbocycles. The lowest BCUT2D eigenvalue weighted by molar-refractivity contribution is -0.120. The topological polar surface area (TPSA) is 70.2 Å². The molecule has 0 aliphatic carbocycles. The Morgan fingerprint density at radius 1 is 1.18 bits per heavy atom. The van der Waals surface area contributed by atoms with Gasteiger partial charge in [-0.1, -0.05) is 6.92 Å². The van der Waals surface area contributed by atoms with Crippen LogP contribution in [0, 0.1) is 0 Å². The fraction of sp³-hybridized carbons (Fsp3) is 0.467. The van der Waals surface area contributed by atoms with Gasteiger partial charge in [-0.3, -0.25) is 9.59 Å². The van der Waals surface area contributed by atoms with Crippen molar-refractivity contribution >= 4 is 41.7 Å². The number of halogens is 1. The minimum absolute atomic E-state index is 0. The van der Waals surface area contributed by atoms with Crippen LogP contribution in [0.2, 0.25) is 0 Å². The molecule has 0 radical (unpaired) electrons. The number of carbonyl (C=O) groups excluding carboxylic acids is 2. The van der Waals surface area contributed by atoms with Crippen molar-refractivity contribution in [3.8, 4) is 0 Å². The van der Waals surface area contributed by atoms with E-state index in [-0.39, 0.29) is 29.5 Å². The number of hydrogen-bond donors (Lipinski definition) is 3. The molecule has 1 rings (SSSR count). The van der Waals surface area contributed by atoms with E-state index in [1.54, 1.807) is 0 Å². The van der Waals surface area contributed by atoms with Gasteiger partial charge in [0, 0.05) is 30.6 Å². The van der Waals surface area contributed by atoms with Gasteiger partial charge >= 0.3 is 0 Å². The summed E-state index contributed by atoms with van der Waals surface area (Å²) in [6.45, 7) is 7.72. The van der Waals surface area contributed by atoms with Crippen LogP contribution in [0.5, 0.6) is 0 Å². The third-order valence-corrected chi connectivity index (χ3v) is 3.82. The van der Waals surface area contributed by atoms with Crippen molar-refractivity contribution in [3.63, 3.8) is 0 Å². The molecule has 1 aromatic rings. The number of carbonyl (C=O) groups is 2. The van der Waals surface area contributed by atoms with Crippen molar-refractivity contribution in [2.45, 2.75) is 30.9 Å². The number of nitrogens with one attached hydrogen (secondary N) is 3. The molecule has 0 saturated heterocycles. The molecule has 0 bridgehead atoms. The Balaban J connectivity index is 0.00000441. The summed E-state index contributed by atoms with van der Waals surface area (Å²) in [7, 11) is 0. The van der Waals surface area contributed by atoms with Crippen LogP contribution in [0.3, 0.4) is 0 Å². The fourth-order valence-corrected chi connectivity index (χ4v) is 2.56. The Kier molecular flexibility index (Phi) is 10.7. The van der Waals surface area contributed by atoms with E-state index in [1.807, 2.05) is 38.1 Å². The molecule has 7 heteroatoms. The van der Waals surface area contributed by atoms with Gasteiger partial charge in [0.05, 0.1) is 5.25 Å². The van der Waals surface area contributed by atoms with E-state index in [1.165, 1.54) is 18.7 Å². The monoisotopic (exact) mass is 345 g/mol. The minimum Gasteiger partial charge on any atom is -0.354 e. The van der Waals surface area contributed by atoms with Crippen molar-refractivity contribution in [3.05, 3.63) is 24.3 Å². The van der Waals surface area contributed by atoms with E-state index in [0.717, 1.165) is 23.7 Å². The molecule has 0 heterocycles. The molecule has 3 N–H and O–H groups in total. The average molecular weight is 346 g/mol. The minimum atomic E-state index is -0.154. The molecule has 22 heavy (non-hydrogen) atoms. The normalized spacial score (nSPS) is 11.2. The van der Waals surface area contributed by atoms with Crippen LogP contribution in [0.1, 0.15) is 20.8 Å². The Labute approximate surface area is 142 Å². The Bertz CT molecular complexity index is 468. The summed E-state index contributed by atoms with van der Waals surface area (Å²) >= 11 is 1.50. The highest BCUT2D eigenvalue weighted by atomic mass is 35.5. The maximum atomic E-state index is 11.9. The molecular weight excluding hydrogens is 322 g/mol. The van der Waals surface area contributed by atoms with E-state index in [0.29, 0.717) is 6.54 Å². The zero-order chi connectivity index (χ0) is 15.7. The largest absolute Gasteiger partial charge is 0.354 e. The van der Waals surface area contributed by atoms with Crippen LogP contribution in [0.15, 0.2) is 29.2 Å². The van der Waals surface area contributed by atoms with Gasteiger partial charge in [0.25, 0.3) is 0 Å². The molecule has 2 amide bonds. The summed E-state index contributed by atoms with van der Waals surface area (Å²) < 4.78 is 0. The molecule has 0 aromatic heterocycles. The predicted molar refractivity (Wildman–Crippen MR) is 94.9 cm³/mol. The van der Waals surface area contributed by atoms with Gasteiger partial charge in [0.15, 0.2) is 0 Å². The summed E-state index contributed by atoms with van der Waals surface area (Å²) in [5.41, 5.74) is 0.759. The van der Waals surface area contributed by atoms with Crippen molar-refractivity contribution in [1.82, 2.24) is 10.6 Å². The lowest BCUT2D eigenvalue weighted by atomic mass is 10.3. The molecule has 0 aliphatic heterocycles. The van der Waals surface area contributed by atoms with Crippen LogP contribution in [-0.2, 0) is 9.59 Å². The SMILES string of the molecule is CCNCCNC(=O)C(C)Sc1ccc(NC(C)=O)cc1.Cl. The molecular formula is C15H24ClN3O2S.